The van der Waals surface area contributed by atoms with Gasteiger partial charge in [0, 0.05) is 19.1 Å². The maximum atomic E-state index is 12.2. The predicted molar refractivity (Wildman–Crippen MR) is 65.5 cm³/mol. The maximum Gasteiger partial charge on any atom is 0.259 e. The minimum atomic E-state index is -0.0348. The van der Waals surface area contributed by atoms with Crippen LogP contribution in [0.5, 0.6) is 0 Å². The smallest absolute Gasteiger partial charge is 0.259 e. The monoisotopic (exact) mass is 237 g/mol. The summed E-state index contributed by atoms with van der Waals surface area (Å²) in [5, 5.41) is 6.37. The van der Waals surface area contributed by atoms with E-state index in [-0.39, 0.29) is 5.91 Å². The molecular formula is C11H19N5O. The zero-order chi connectivity index (χ0) is 12.6. The highest BCUT2D eigenvalue weighted by Gasteiger charge is 2.34. The van der Waals surface area contributed by atoms with Gasteiger partial charge in [-0.3, -0.25) is 9.89 Å². The van der Waals surface area contributed by atoms with E-state index in [1.807, 2.05) is 19.0 Å². The highest BCUT2D eigenvalue weighted by atomic mass is 16.2. The Morgan fingerprint density at radius 2 is 2.29 bits per heavy atom. The summed E-state index contributed by atoms with van der Waals surface area (Å²) in [6, 6.07) is 0.409. The van der Waals surface area contributed by atoms with Crippen molar-refractivity contribution in [2.45, 2.75) is 13.0 Å². The van der Waals surface area contributed by atoms with Crippen LogP contribution in [0, 0.1) is 5.92 Å². The van der Waals surface area contributed by atoms with Crippen LogP contribution >= 0.6 is 0 Å². The number of likely N-dealkylation sites (tertiary alicyclic amines) is 1. The van der Waals surface area contributed by atoms with Gasteiger partial charge in [0.25, 0.3) is 5.91 Å². The maximum absolute atomic E-state index is 12.2. The predicted octanol–water partition coefficient (Wildman–Crippen LogP) is 0.0140. The van der Waals surface area contributed by atoms with Crippen LogP contribution in [0.4, 0.5) is 5.82 Å². The molecule has 3 N–H and O–H groups in total. The van der Waals surface area contributed by atoms with Gasteiger partial charge >= 0.3 is 0 Å². The molecule has 0 bridgehead atoms. The van der Waals surface area contributed by atoms with Crippen molar-refractivity contribution in [1.29, 1.82) is 0 Å². The number of hydrogen-bond acceptors (Lipinski definition) is 4. The molecule has 1 saturated heterocycles. The molecule has 6 nitrogen and oxygen atoms in total. The van der Waals surface area contributed by atoms with Crippen LogP contribution in [-0.4, -0.2) is 59.1 Å². The Bertz CT molecular complexity index is 414. The Labute approximate surface area is 101 Å². The molecule has 2 atom stereocenters. The van der Waals surface area contributed by atoms with Gasteiger partial charge in [-0.2, -0.15) is 5.10 Å². The van der Waals surface area contributed by atoms with Gasteiger partial charge < -0.3 is 15.5 Å². The average Bonchev–Trinajstić information content (AvgIpc) is 2.83. The summed E-state index contributed by atoms with van der Waals surface area (Å²) in [5.74, 6) is 0.783. The van der Waals surface area contributed by atoms with E-state index in [2.05, 4.69) is 22.0 Å². The quantitative estimate of drug-likeness (QED) is 0.759. The molecule has 0 spiro atoms. The van der Waals surface area contributed by atoms with E-state index in [4.69, 9.17) is 5.73 Å². The number of nitrogens with zero attached hydrogens (tertiary/aromatic N) is 3. The number of nitrogens with two attached hydrogens (primary N) is 1. The van der Waals surface area contributed by atoms with Crippen LogP contribution in [0.2, 0.25) is 0 Å². The number of aromatic nitrogens is 2. The van der Waals surface area contributed by atoms with E-state index in [1.165, 1.54) is 6.20 Å². The fourth-order valence-electron chi connectivity index (χ4n) is 2.42. The van der Waals surface area contributed by atoms with Gasteiger partial charge in [-0.1, -0.05) is 6.92 Å². The molecule has 1 aromatic heterocycles. The molecule has 2 unspecified atom stereocenters. The van der Waals surface area contributed by atoms with Crippen molar-refractivity contribution in [3.8, 4) is 0 Å². The number of aromatic amines is 1. The molecule has 17 heavy (non-hydrogen) atoms. The summed E-state index contributed by atoms with van der Waals surface area (Å²) >= 11 is 0. The Kier molecular flexibility index (Phi) is 3.06. The third-order valence-corrected chi connectivity index (χ3v) is 3.42. The van der Waals surface area contributed by atoms with Crippen molar-refractivity contribution in [2.75, 3.05) is 32.9 Å². The first kappa shape index (κ1) is 11.9. The lowest BCUT2D eigenvalue weighted by Crippen LogP contribution is -2.35. The van der Waals surface area contributed by atoms with Crippen molar-refractivity contribution in [3.63, 3.8) is 0 Å². The SMILES string of the molecule is CC1CN(C(=O)c2cn[nH]c2N)CC1N(C)C. The van der Waals surface area contributed by atoms with Gasteiger partial charge in [-0.15, -0.1) is 0 Å². The van der Waals surface area contributed by atoms with Crippen LogP contribution in [0.1, 0.15) is 17.3 Å². The largest absolute Gasteiger partial charge is 0.383 e. The Morgan fingerprint density at radius 1 is 1.59 bits per heavy atom. The standard InChI is InChI=1S/C11H19N5O/c1-7-5-16(6-9(7)15(2)3)11(17)8-4-13-14-10(8)12/h4,7,9H,5-6H2,1-3H3,(H3,12,13,14). The summed E-state index contributed by atoms with van der Waals surface area (Å²) in [4.78, 5) is 16.2. The topological polar surface area (TPSA) is 78.2 Å². The van der Waals surface area contributed by atoms with Gasteiger partial charge in [0.1, 0.15) is 11.4 Å². The van der Waals surface area contributed by atoms with Crippen LogP contribution < -0.4 is 5.73 Å². The lowest BCUT2D eigenvalue weighted by molar-refractivity contribution is 0.0782. The molecular weight excluding hydrogens is 218 g/mol. The van der Waals surface area contributed by atoms with E-state index in [0.717, 1.165) is 13.1 Å². The molecule has 1 amide bonds. The number of carbonyl (C=O) groups is 1. The third-order valence-electron chi connectivity index (χ3n) is 3.42. The molecule has 0 aromatic carbocycles. The zero-order valence-electron chi connectivity index (χ0n) is 10.5. The molecule has 1 fully saturated rings. The van der Waals surface area contributed by atoms with E-state index >= 15 is 0 Å². The first-order chi connectivity index (χ1) is 8.00. The molecule has 0 saturated carbocycles. The number of carbonyl (C=O) groups excluding carboxylic acids is 1. The molecule has 94 valence electrons. The van der Waals surface area contributed by atoms with Crippen molar-refractivity contribution in [3.05, 3.63) is 11.8 Å². The summed E-state index contributed by atoms with van der Waals surface area (Å²) in [6.45, 7) is 3.68. The van der Waals surface area contributed by atoms with Crippen molar-refractivity contribution >= 4 is 11.7 Å². The highest BCUT2D eigenvalue weighted by Crippen LogP contribution is 2.22. The van der Waals surface area contributed by atoms with Gasteiger partial charge in [-0.05, 0) is 20.0 Å². The Balaban J connectivity index is 2.11. The molecule has 2 rings (SSSR count). The minimum Gasteiger partial charge on any atom is -0.383 e. The van der Waals surface area contributed by atoms with Gasteiger partial charge in [0.05, 0.1) is 6.20 Å². The summed E-state index contributed by atoms with van der Waals surface area (Å²) < 4.78 is 0. The van der Waals surface area contributed by atoms with Gasteiger partial charge in [0.15, 0.2) is 0 Å². The summed E-state index contributed by atoms with van der Waals surface area (Å²) in [7, 11) is 4.09. The molecule has 1 aliphatic rings. The molecule has 0 aliphatic carbocycles. The van der Waals surface area contributed by atoms with Gasteiger partial charge in [0.2, 0.25) is 0 Å². The number of H-pyrrole nitrogens is 1. The summed E-state index contributed by atoms with van der Waals surface area (Å²) in [6.07, 6.45) is 1.49. The first-order valence-corrected chi connectivity index (χ1v) is 5.75. The average molecular weight is 237 g/mol. The fourth-order valence-corrected chi connectivity index (χ4v) is 2.42. The molecule has 2 heterocycles. The van der Waals surface area contributed by atoms with Gasteiger partial charge in [-0.25, -0.2) is 0 Å². The Hall–Kier alpha value is -1.56. The lowest BCUT2D eigenvalue weighted by Gasteiger charge is -2.22. The van der Waals surface area contributed by atoms with E-state index in [0.29, 0.717) is 23.3 Å². The minimum absolute atomic E-state index is 0.0348. The van der Waals surface area contributed by atoms with Crippen molar-refractivity contribution < 1.29 is 4.79 Å². The molecule has 1 aromatic rings. The third kappa shape index (κ3) is 2.12. The van der Waals surface area contributed by atoms with E-state index < -0.39 is 0 Å². The second-order valence-electron chi connectivity index (χ2n) is 4.92. The van der Waals surface area contributed by atoms with Crippen molar-refractivity contribution in [1.82, 2.24) is 20.0 Å². The lowest BCUT2D eigenvalue weighted by atomic mass is 10.1. The highest BCUT2D eigenvalue weighted by molar-refractivity contribution is 5.98. The zero-order valence-corrected chi connectivity index (χ0v) is 10.5. The van der Waals surface area contributed by atoms with Crippen LogP contribution in [0.15, 0.2) is 6.20 Å². The summed E-state index contributed by atoms with van der Waals surface area (Å²) in [5.41, 5.74) is 6.13. The van der Waals surface area contributed by atoms with Crippen LogP contribution in [0.3, 0.4) is 0 Å². The second kappa shape index (κ2) is 4.37. The number of nitrogen functional groups attached to an aromatic ring is 1. The van der Waals surface area contributed by atoms with Crippen molar-refractivity contribution in [2.24, 2.45) is 5.92 Å². The number of likely N-dealkylation sites (N-methyl/N-ethyl adjacent to an activating group) is 1. The number of rotatable bonds is 2. The number of nitrogens with one attached hydrogen (secondary N) is 1. The molecule has 6 heteroatoms. The van der Waals surface area contributed by atoms with E-state index in [1.54, 1.807) is 0 Å². The molecule has 1 aliphatic heterocycles. The fraction of sp³-hybridized carbons (Fsp3) is 0.636. The molecule has 0 radical (unpaired) electrons. The number of amides is 1. The van der Waals surface area contributed by atoms with Crippen LogP contribution in [0.25, 0.3) is 0 Å². The van der Waals surface area contributed by atoms with Crippen LogP contribution in [-0.2, 0) is 0 Å². The second-order valence-corrected chi connectivity index (χ2v) is 4.92. The van der Waals surface area contributed by atoms with E-state index in [9.17, 15) is 4.79 Å². The Morgan fingerprint density at radius 3 is 2.76 bits per heavy atom. The normalized spacial score (nSPS) is 24.6. The number of anilines is 1. The first-order valence-electron chi connectivity index (χ1n) is 5.75. The number of hydrogen-bond donors (Lipinski definition) is 2.